The van der Waals surface area contributed by atoms with Crippen LogP contribution in [0, 0.1) is 0 Å². The molecule has 4 rings (SSSR count). The molecule has 1 fully saturated rings. The molecule has 4 atom stereocenters. The molecule has 1 spiro atoms. The molecule has 3 heteroatoms. The predicted octanol–water partition coefficient (Wildman–Crippen LogP) is 3.58. The lowest BCUT2D eigenvalue weighted by Crippen LogP contribution is -2.35. The van der Waals surface area contributed by atoms with Crippen LogP contribution in [0.4, 0.5) is 0 Å². The maximum absolute atomic E-state index is 9.71. The predicted molar refractivity (Wildman–Crippen MR) is 87.9 cm³/mol. The van der Waals surface area contributed by atoms with Crippen LogP contribution in [0.15, 0.2) is 72.8 Å². The highest BCUT2D eigenvalue weighted by Gasteiger charge is 2.45. The molecule has 1 unspecified atom stereocenters. The Morgan fingerprint density at radius 1 is 0.913 bits per heavy atom. The van der Waals surface area contributed by atoms with E-state index in [4.69, 9.17) is 9.47 Å². The maximum Gasteiger partial charge on any atom is 0.191 e. The van der Waals surface area contributed by atoms with Crippen molar-refractivity contribution in [2.75, 3.05) is 6.61 Å². The van der Waals surface area contributed by atoms with Crippen molar-refractivity contribution in [2.45, 2.75) is 30.3 Å². The Labute approximate surface area is 136 Å². The number of benzene rings is 2. The zero-order valence-corrected chi connectivity index (χ0v) is 12.8. The molecule has 2 aromatic carbocycles. The molecule has 23 heavy (non-hydrogen) atoms. The smallest absolute Gasteiger partial charge is 0.191 e. The number of aliphatic hydroxyl groups excluding tert-OH is 1. The number of hydrogen-bond donors (Lipinski definition) is 1. The van der Waals surface area contributed by atoms with Gasteiger partial charge in [0.15, 0.2) is 12.1 Å². The first-order chi connectivity index (χ1) is 11.3. The molecular weight excluding hydrogens is 288 g/mol. The molecule has 0 amide bonds. The van der Waals surface area contributed by atoms with Gasteiger partial charge in [-0.2, -0.15) is 0 Å². The van der Waals surface area contributed by atoms with E-state index in [0.29, 0.717) is 6.42 Å². The highest BCUT2D eigenvalue weighted by atomic mass is 16.8. The van der Waals surface area contributed by atoms with Crippen LogP contribution in [-0.4, -0.2) is 23.8 Å². The van der Waals surface area contributed by atoms with E-state index in [9.17, 15) is 5.11 Å². The monoisotopic (exact) mass is 308 g/mol. The van der Waals surface area contributed by atoms with Crippen molar-refractivity contribution in [3.05, 3.63) is 83.9 Å². The molecule has 2 aliphatic rings. The summed E-state index contributed by atoms with van der Waals surface area (Å²) in [5, 5.41) is 9.71. The van der Waals surface area contributed by atoms with Crippen LogP contribution in [0.25, 0.3) is 0 Å². The summed E-state index contributed by atoms with van der Waals surface area (Å²) in [5.74, 6) is -0.284. The largest absolute Gasteiger partial charge is 0.366 e. The molecule has 0 bridgehead atoms. The molecule has 118 valence electrons. The summed E-state index contributed by atoms with van der Waals surface area (Å²) in [6.07, 6.45) is 3.99. The lowest BCUT2D eigenvalue weighted by atomic mass is 9.74. The van der Waals surface area contributed by atoms with Crippen molar-refractivity contribution in [3.63, 3.8) is 0 Å². The van der Waals surface area contributed by atoms with Crippen molar-refractivity contribution in [2.24, 2.45) is 0 Å². The van der Waals surface area contributed by atoms with Crippen LogP contribution in [0.5, 0.6) is 0 Å². The topological polar surface area (TPSA) is 38.7 Å². The molecule has 2 aromatic rings. The van der Waals surface area contributed by atoms with Crippen molar-refractivity contribution < 1.29 is 14.6 Å². The molecule has 1 aliphatic heterocycles. The Bertz CT molecular complexity index is 683. The van der Waals surface area contributed by atoms with Gasteiger partial charge in [-0.1, -0.05) is 66.7 Å². The van der Waals surface area contributed by atoms with E-state index >= 15 is 0 Å². The standard InChI is InChI=1S/C20H20O3/c21-19-14-22-20(23-19)12-11-17(15-7-3-1-4-8-15)18(13-20)16-9-5-2-6-10-16/h1-12,17-19,21H,13-14H2/t17-,18-,19-,20?/m1/s1. The van der Waals surface area contributed by atoms with Crippen molar-refractivity contribution in [1.82, 2.24) is 0 Å². The van der Waals surface area contributed by atoms with Gasteiger partial charge < -0.3 is 14.6 Å². The summed E-state index contributed by atoms with van der Waals surface area (Å²) in [5.41, 5.74) is 2.55. The second-order valence-electron chi connectivity index (χ2n) is 6.21. The lowest BCUT2D eigenvalue weighted by Gasteiger charge is -2.37. The fourth-order valence-electron chi connectivity index (χ4n) is 3.64. The lowest BCUT2D eigenvalue weighted by molar-refractivity contribution is -0.175. The average molecular weight is 308 g/mol. The van der Waals surface area contributed by atoms with Gasteiger partial charge in [0.2, 0.25) is 0 Å². The van der Waals surface area contributed by atoms with Gasteiger partial charge in [-0.05, 0) is 23.1 Å². The molecule has 1 heterocycles. The summed E-state index contributed by atoms with van der Waals surface area (Å²) in [6.45, 7) is 0.224. The highest BCUT2D eigenvalue weighted by Crippen LogP contribution is 2.47. The minimum atomic E-state index is -0.843. The first-order valence-electron chi connectivity index (χ1n) is 8.05. The zero-order chi connectivity index (χ0) is 15.7. The molecule has 0 saturated carbocycles. The number of ether oxygens (including phenoxy) is 2. The molecule has 0 radical (unpaired) electrons. The van der Waals surface area contributed by atoms with E-state index in [1.54, 1.807) is 0 Å². The molecule has 1 N–H and O–H groups in total. The molecular formula is C20H20O3. The van der Waals surface area contributed by atoms with E-state index in [0.717, 1.165) is 0 Å². The Kier molecular flexibility index (Phi) is 3.77. The van der Waals surface area contributed by atoms with Crippen LogP contribution >= 0.6 is 0 Å². The Morgan fingerprint density at radius 2 is 1.57 bits per heavy atom. The Morgan fingerprint density at radius 3 is 2.17 bits per heavy atom. The van der Waals surface area contributed by atoms with Gasteiger partial charge in [-0.3, -0.25) is 0 Å². The third kappa shape index (κ3) is 2.83. The van der Waals surface area contributed by atoms with Crippen molar-refractivity contribution >= 4 is 0 Å². The SMILES string of the molecule is O[C@H]1COC2(C=C[C@H](c3ccccc3)[C@@H](c3ccccc3)C2)O1. The quantitative estimate of drug-likeness (QED) is 0.862. The van der Waals surface area contributed by atoms with E-state index in [-0.39, 0.29) is 18.4 Å². The number of rotatable bonds is 2. The van der Waals surface area contributed by atoms with Gasteiger partial charge in [-0.15, -0.1) is 0 Å². The zero-order valence-electron chi connectivity index (χ0n) is 12.8. The summed E-state index contributed by atoms with van der Waals surface area (Å²) < 4.78 is 11.4. The number of allylic oxidation sites excluding steroid dienone is 1. The van der Waals surface area contributed by atoms with Crippen molar-refractivity contribution in [3.8, 4) is 0 Å². The summed E-state index contributed by atoms with van der Waals surface area (Å²) >= 11 is 0. The minimum Gasteiger partial charge on any atom is -0.366 e. The summed E-state index contributed by atoms with van der Waals surface area (Å²) in [4.78, 5) is 0. The fraction of sp³-hybridized carbons (Fsp3) is 0.300. The van der Waals surface area contributed by atoms with Crippen LogP contribution in [0.3, 0.4) is 0 Å². The maximum atomic E-state index is 9.71. The molecule has 3 nitrogen and oxygen atoms in total. The van der Waals surface area contributed by atoms with E-state index in [1.807, 2.05) is 18.2 Å². The van der Waals surface area contributed by atoms with Crippen LogP contribution in [0.2, 0.25) is 0 Å². The van der Waals surface area contributed by atoms with Crippen molar-refractivity contribution in [1.29, 1.82) is 0 Å². The van der Waals surface area contributed by atoms with Crippen LogP contribution in [-0.2, 0) is 9.47 Å². The Balaban J connectivity index is 1.73. The second kappa shape index (κ2) is 5.93. The van der Waals surface area contributed by atoms with Gasteiger partial charge >= 0.3 is 0 Å². The van der Waals surface area contributed by atoms with Gasteiger partial charge in [0.1, 0.15) is 6.61 Å². The fourth-order valence-corrected chi connectivity index (χ4v) is 3.64. The number of hydrogen-bond acceptors (Lipinski definition) is 3. The van der Waals surface area contributed by atoms with Gasteiger partial charge in [0.25, 0.3) is 0 Å². The Hall–Kier alpha value is -1.94. The average Bonchev–Trinajstić information content (AvgIpc) is 2.97. The number of aliphatic hydroxyl groups is 1. The second-order valence-corrected chi connectivity index (χ2v) is 6.21. The van der Waals surface area contributed by atoms with Crippen LogP contribution in [0.1, 0.15) is 29.4 Å². The molecule has 0 aromatic heterocycles. The molecule has 1 aliphatic carbocycles. The van der Waals surface area contributed by atoms with E-state index in [2.05, 4.69) is 54.6 Å². The third-order valence-electron chi connectivity index (χ3n) is 4.71. The summed E-state index contributed by atoms with van der Waals surface area (Å²) in [6, 6.07) is 21.0. The van der Waals surface area contributed by atoms with Gasteiger partial charge in [-0.25, -0.2) is 0 Å². The van der Waals surface area contributed by atoms with E-state index in [1.165, 1.54) is 11.1 Å². The minimum absolute atomic E-state index is 0.224. The molecule has 1 saturated heterocycles. The first-order valence-corrected chi connectivity index (χ1v) is 8.05. The normalized spacial score (nSPS) is 33.2. The third-order valence-corrected chi connectivity index (χ3v) is 4.71. The first kappa shape index (κ1) is 14.6. The van der Waals surface area contributed by atoms with Crippen LogP contribution < -0.4 is 0 Å². The summed E-state index contributed by atoms with van der Waals surface area (Å²) in [7, 11) is 0. The van der Waals surface area contributed by atoms with E-state index < -0.39 is 12.1 Å². The highest BCUT2D eigenvalue weighted by molar-refractivity contribution is 5.35. The van der Waals surface area contributed by atoms with Gasteiger partial charge in [0, 0.05) is 12.3 Å². The van der Waals surface area contributed by atoms with Gasteiger partial charge in [0.05, 0.1) is 0 Å².